The molecule has 0 radical (unpaired) electrons. The molecule has 0 N–H and O–H groups in total. The van der Waals surface area contributed by atoms with Crippen molar-refractivity contribution in [2.75, 3.05) is 0 Å². The van der Waals surface area contributed by atoms with Crippen LogP contribution in [0.1, 0.15) is 11.5 Å². The highest BCUT2D eigenvalue weighted by molar-refractivity contribution is 5.77. The quantitative estimate of drug-likeness (QED) is 0.419. The Morgan fingerprint density at radius 3 is 2.03 bits per heavy atom. The molecule has 156 valence electrons. The van der Waals surface area contributed by atoms with Crippen molar-refractivity contribution in [3.63, 3.8) is 0 Å². The normalized spacial score (nSPS) is 10.9. The van der Waals surface area contributed by atoms with Crippen LogP contribution in [0.4, 0.5) is 0 Å². The van der Waals surface area contributed by atoms with Gasteiger partial charge >= 0.3 is 5.69 Å². The van der Waals surface area contributed by atoms with Crippen molar-refractivity contribution in [2.24, 2.45) is 0 Å². The highest BCUT2D eigenvalue weighted by Gasteiger charge is 2.16. The summed E-state index contributed by atoms with van der Waals surface area (Å²) in [5.74, 6) is 0.675. The second kappa shape index (κ2) is 8.39. The SMILES string of the molecule is Cc1ccc(-c2nnc(Cn3nc(-c4ccccc4)c(-c4ccccc4)nc3=O)o2)cc1. The maximum atomic E-state index is 12.8. The molecule has 0 spiro atoms. The van der Waals surface area contributed by atoms with E-state index in [1.165, 1.54) is 4.68 Å². The highest BCUT2D eigenvalue weighted by Crippen LogP contribution is 2.27. The molecule has 0 unspecified atom stereocenters. The molecule has 0 bridgehead atoms. The molecule has 2 aromatic heterocycles. The lowest BCUT2D eigenvalue weighted by atomic mass is 10.0. The fraction of sp³-hybridized carbons (Fsp3) is 0.0800. The fourth-order valence-corrected chi connectivity index (χ4v) is 3.37. The molecule has 5 aromatic rings. The van der Waals surface area contributed by atoms with Crippen LogP contribution in [0.25, 0.3) is 34.0 Å². The Morgan fingerprint density at radius 1 is 0.750 bits per heavy atom. The molecule has 3 aromatic carbocycles. The molecule has 0 aliphatic rings. The van der Waals surface area contributed by atoms with E-state index >= 15 is 0 Å². The van der Waals surface area contributed by atoms with Crippen LogP contribution < -0.4 is 5.69 Å². The molecule has 32 heavy (non-hydrogen) atoms. The Hall–Kier alpha value is -4.39. The van der Waals surface area contributed by atoms with E-state index in [-0.39, 0.29) is 12.4 Å². The van der Waals surface area contributed by atoms with Gasteiger partial charge in [0, 0.05) is 16.7 Å². The molecule has 0 aliphatic carbocycles. The summed E-state index contributed by atoms with van der Waals surface area (Å²) < 4.78 is 7.03. The Bertz CT molecular complexity index is 1410. The van der Waals surface area contributed by atoms with Gasteiger partial charge in [0.2, 0.25) is 11.8 Å². The van der Waals surface area contributed by atoms with E-state index in [1.807, 2.05) is 91.9 Å². The predicted molar refractivity (Wildman–Crippen MR) is 121 cm³/mol. The number of nitrogens with zero attached hydrogens (tertiary/aromatic N) is 5. The minimum Gasteiger partial charge on any atom is -0.419 e. The molecule has 0 fully saturated rings. The van der Waals surface area contributed by atoms with Gasteiger partial charge in [0.1, 0.15) is 17.9 Å². The molecule has 7 nitrogen and oxygen atoms in total. The van der Waals surface area contributed by atoms with Crippen molar-refractivity contribution in [1.82, 2.24) is 25.0 Å². The first-order valence-corrected chi connectivity index (χ1v) is 10.2. The summed E-state index contributed by atoms with van der Waals surface area (Å²) in [6.45, 7) is 2.04. The van der Waals surface area contributed by atoms with E-state index in [0.717, 1.165) is 22.3 Å². The topological polar surface area (TPSA) is 86.7 Å². The van der Waals surface area contributed by atoms with Gasteiger partial charge < -0.3 is 4.42 Å². The third kappa shape index (κ3) is 3.96. The standard InChI is InChI=1S/C25H19N5O2/c1-17-12-14-20(15-13-17)24-28-27-21(32-24)16-30-25(31)26-22(18-8-4-2-5-9-18)23(29-30)19-10-6-3-7-11-19/h2-15H,16H2,1H3. The van der Waals surface area contributed by atoms with Crippen LogP contribution in [0.15, 0.2) is 94.1 Å². The highest BCUT2D eigenvalue weighted by atomic mass is 16.4. The molecule has 2 heterocycles. The van der Waals surface area contributed by atoms with Gasteiger partial charge in [-0.3, -0.25) is 0 Å². The summed E-state index contributed by atoms with van der Waals surface area (Å²) in [5.41, 5.74) is 4.29. The van der Waals surface area contributed by atoms with Gasteiger partial charge in [-0.15, -0.1) is 10.2 Å². The zero-order valence-corrected chi connectivity index (χ0v) is 17.3. The first kappa shape index (κ1) is 19.6. The molecule has 5 rings (SSSR count). The molecule has 0 atom stereocenters. The molecule has 0 aliphatic heterocycles. The van der Waals surface area contributed by atoms with Crippen LogP contribution in [-0.4, -0.2) is 25.0 Å². The number of hydrogen-bond acceptors (Lipinski definition) is 6. The Morgan fingerprint density at radius 2 is 1.38 bits per heavy atom. The van der Waals surface area contributed by atoms with Crippen molar-refractivity contribution in [2.45, 2.75) is 13.5 Å². The van der Waals surface area contributed by atoms with Crippen LogP contribution in [0.3, 0.4) is 0 Å². The smallest absolute Gasteiger partial charge is 0.365 e. The number of aryl methyl sites for hydroxylation is 1. The molecule has 7 heteroatoms. The zero-order valence-electron chi connectivity index (χ0n) is 17.3. The summed E-state index contributed by atoms with van der Waals surface area (Å²) in [6.07, 6.45) is 0. The molecular formula is C25H19N5O2. The van der Waals surface area contributed by atoms with Gasteiger partial charge in [-0.25, -0.2) is 9.48 Å². The van der Waals surface area contributed by atoms with Gasteiger partial charge in [0.05, 0.1) is 0 Å². The first-order valence-electron chi connectivity index (χ1n) is 10.2. The summed E-state index contributed by atoms with van der Waals surface area (Å²) in [4.78, 5) is 17.2. The van der Waals surface area contributed by atoms with Crippen LogP contribution in [0.2, 0.25) is 0 Å². The van der Waals surface area contributed by atoms with Crippen molar-refractivity contribution in [1.29, 1.82) is 0 Å². The van der Waals surface area contributed by atoms with Crippen LogP contribution in [0, 0.1) is 6.92 Å². The van der Waals surface area contributed by atoms with Gasteiger partial charge in [-0.05, 0) is 19.1 Å². The van der Waals surface area contributed by atoms with E-state index in [0.29, 0.717) is 17.3 Å². The lowest BCUT2D eigenvalue weighted by Gasteiger charge is -2.10. The summed E-state index contributed by atoms with van der Waals surface area (Å²) >= 11 is 0. The van der Waals surface area contributed by atoms with E-state index in [2.05, 4.69) is 20.3 Å². The number of rotatable bonds is 5. The van der Waals surface area contributed by atoms with Crippen molar-refractivity contribution >= 4 is 0 Å². The first-order chi connectivity index (χ1) is 15.7. The second-order valence-corrected chi connectivity index (χ2v) is 7.35. The third-order valence-corrected chi connectivity index (χ3v) is 5.02. The van der Waals surface area contributed by atoms with Gasteiger partial charge in [0.25, 0.3) is 0 Å². The van der Waals surface area contributed by atoms with Crippen molar-refractivity contribution in [3.05, 3.63) is 107 Å². The van der Waals surface area contributed by atoms with E-state index in [9.17, 15) is 4.79 Å². The largest absolute Gasteiger partial charge is 0.419 e. The van der Waals surface area contributed by atoms with Crippen molar-refractivity contribution in [3.8, 4) is 34.0 Å². The number of aromatic nitrogens is 5. The third-order valence-electron chi connectivity index (χ3n) is 5.02. The van der Waals surface area contributed by atoms with Crippen molar-refractivity contribution < 1.29 is 4.42 Å². The monoisotopic (exact) mass is 421 g/mol. The maximum absolute atomic E-state index is 12.8. The lowest BCUT2D eigenvalue weighted by molar-refractivity contribution is 0.462. The molecule has 0 saturated heterocycles. The summed E-state index contributed by atoms with van der Waals surface area (Å²) in [7, 11) is 0. The molecule has 0 saturated carbocycles. The summed E-state index contributed by atoms with van der Waals surface area (Å²) in [5, 5.41) is 12.8. The van der Waals surface area contributed by atoms with Gasteiger partial charge in [-0.1, -0.05) is 78.4 Å². The minimum atomic E-state index is -0.487. The van der Waals surface area contributed by atoms with Crippen LogP contribution in [-0.2, 0) is 6.54 Å². The average molecular weight is 421 g/mol. The summed E-state index contributed by atoms with van der Waals surface area (Å²) in [6, 6.07) is 27.0. The molecular weight excluding hydrogens is 402 g/mol. The lowest BCUT2D eigenvalue weighted by Crippen LogP contribution is -2.27. The zero-order chi connectivity index (χ0) is 21.9. The van der Waals surface area contributed by atoms with E-state index in [1.54, 1.807) is 0 Å². The Kier molecular flexibility index (Phi) is 5.13. The maximum Gasteiger partial charge on any atom is 0.365 e. The fourth-order valence-electron chi connectivity index (χ4n) is 3.37. The van der Waals surface area contributed by atoms with E-state index in [4.69, 9.17) is 4.42 Å². The van der Waals surface area contributed by atoms with E-state index < -0.39 is 5.69 Å². The second-order valence-electron chi connectivity index (χ2n) is 7.35. The van der Waals surface area contributed by atoms with Gasteiger partial charge in [0.15, 0.2) is 0 Å². The average Bonchev–Trinajstić information content (AvgIpc) is 3.30. The Labute approximate surface area is 184 Å². The minimum absolute atomic E-state index is 0.0274. The Balaban J connectivity index is 1.54. The predicted octanol–water partition coefficient (Wildman–Crippen LogP) is 4.38. The number of hydrogen-bond donors (Lipinski definition) is 0. The van der Waals surface area contributed by atoms with Crippen LogP contribution in [0.5, 0.6) is 0 Å². The van der Waals surface area contributed by atoms with Gasteiger partial charge in [-0.2, -0.15) is 10.1 Å². The van der Waals surface area contributed by atoms with Crippen LogP contribution >= 0.6 is 0 Å². The molecule has 0 amide bonds. The number of benzene rings is 3.